The average Bonchev–Trinajstić information content (AvgIpc) is 2.42. The van der Waals surface area contributed by atoms with Crippen LogP contribution >= 0.6 is 22.6 Å². The molecule has 0 aliphatic carbocycles. The van der Waals surface area contributed by atoms with Gasteiger partial charge in [-0.3, -0.25) is 4.79 Å². The van der Waals surface area contributed by atoms with Gasteiger partial charge in [0.2, 0.25) is 0 Å². The van der Waals surface area contributed by atoms with E-state index < -0.39 is 28.7 Å². The lowest BCUT2D eigenvalue weighted by atomic mass is 10.0. The molecule has 3 nitrogen and oxygen atoms in total. The van der Waals surface area contributed by atoms with E-state index >= 15 is 0 Å². The fourth-order valence-electron chi connectivity index (χ4n) is 1.78. The summed E-state index contributed by atoms with van der Waals surface area (Å²) in [4.78, 5) is 12.4. The number of hydrogen-bond donors (Lipinski definition) is 1. The number of nitrogens with two attached hydrogens (primary N) is 1. The maximum atomic E-state index is 13.9. The molecule has 2 N–H and O–H groups in total. The van der Waals surface area contributed by atoms with Crippen molar-refractivity contribution in [2.75, 3.05) is 12.8 Å². The van der Waals surface area contributed by atoms with Gasteiger partial charge in [-0.05, 0) is 52.9 Å². The second-order valence-electron chi connectivity index (χ2n) is 4.03. The van der Waals surface area contributed by atoms with Gasteiger partial charge in [0, 0.05) is 3.57 Å². The van der Waals surface area contributed by atoms with E-state index in [-0.39, 0.29) is 11.3 Å². The van der Waals surface area contributed by atoms with Crippen LogP contribution in [-0.4, -0.2) is 12.9 Å². The van der Waals surface area contributed by atoms with Crippen LogP contribution in [0.1, 0.15) is 15.9 Å². The van der Waals surface area contributed by atoms with Crippen LogP contribution in [0.15, 0.2) is 30.3 Å². The van der Waals surface area contributed by atoms with E-state index in [2.05, 4.69) is 0 Å². The van der Waals surface area contributed by atoms with E-state index in [1.54, 1.807) is 18.2 Å². The van der Waals surface area contributed by atoms with Crippen LogP contribution in [0, 0.1) is 15.2 Å². The Kier molecular flexibility index (Phi) is 4.22. The van der Waals surface area contributed by atoms with Crippen LogP contribution in [0.5, 0.6) is 5.75 Å². The van der Waals surface area contributed by atoms with Gasteiger partial charge in [-0.15, -0.1) is 0 Å². The van der Waals surface area contributed by atoms with Gasteiger partial charge in [-0.25, -0.2) is 8.78 Å². The molecule has 2 aromatic carbocycles. The molecule has 0 aliphatic rings. The predicted octanol–water partition coefficient (Wildman–Crippen LogP) is 3.39. The molecule has 104 valence electrons. The summed E-state index contributed by atoms with van der Waals surface area (Å²) in [6.45, 7) is 0. The number of rotatable bonds is 3. The molecule has 0 saturated heterocycles. The molecule has 0 bridgehead atoms. The van der Waals surface area contributed by atoms with Crippen LogP contribution in [0.25, 0.3) is 0 Å². The minimum Gasteiger partial charge on any atom is -0.496 e. The van der Waals surface area contributed by atoms with Crippen molar-refractivity contribution in [3.8, 4) is 5.75 Å². The second kappa shape index (κ2) is 5.74. The van der Waals surface area contributed by atoms with E-state index in [1.165, 1.54) is 7.11 Å². The molecule has 2 rings (SSSR count). The Morgan fingerprint density at radius 3 is 2.55 bits per heavy atom. The molecule has 0 amide bonds. The molecule has 6 heteroatoms. The highest BCUT2D eigenvalue weighted by Gasteiger charge is 2.21. The molecule has 2 aromatic rings. The Balaban J connectivity index is 2.60. The zero-order valence-electron chi connectivity index (χ0n) is 10.4. The van der Waals surface area contributed by atoms with E-state index in [0.717, 1.165) is 15.7 Å². The lowest BCUT2D eigenvalue weighted by molar-refractivity contribution is 0.103. The maximum Gasteiger partial charge on any atom is 0.199 e. The maximum absolute atomic E-state index is 13.9. The third-order valence-corrected chi connectivity index (χ3v) is 3.39. The normalized spacial score (nSPS) is 10.4. The van der Waals surface area contributed by atoms with Gasteiger partial charge in [0.15, 0.2) is 11.6 Å². The monoisotopic (exact) mass is 389 g/mol. The van der Waals surface area contributed by atoms with Crippen molar-refractivity contribution in [3.63, 3.8) is 0 Å². The second-order valence-corrected chi connectivity index (χ2v) is 5.28. The molecule has 0 saturated carbocycles. The number of carbonyl (C=O) groups excluding carboxylic acids is 1. The highest BCUT2D eigenvalue weighted by Crippen LogP contribution is 2.27. The van der Waals surface area contributed by atoms with Gasteiger partial charge in [0.1, 0.15) is 11.6 Å². The first kappa shape index (κ1) is 14.7. The number of carbonyl (C=O) groups is 1. The van der Waals surface area contributed by atoms with Gasteiger partial charge >= 0.3 is 0 Å². The van der Waals surface area contributed by atoms with Crippen LogP contribution in [0.3, 0.4) is 0 Å². The number of anilines is 1. The van der Waals surface area contributed by atoms with Crippen LogP contribution < -0.4 is 10.5 Å². The predicted molar refractivity (Wildman–Crippen MR) is 79.9 cm³/mol. The SMILES string of the molecule is COc1ccc(I)cc1C(=O)c1cc(F)cc(N)c1F. The number of ketones is 1. The summed E-state index contributed by atoms with van der Waals surface area (Å²) in [5.41, 5.74) is 4.67. The third kappa shape index (κ3) is 2.74. The minimum absolute atomic E-state index is 0.156. The highest BCUT2D eigenvalue weighted by atomic mass is 127. The zero-order valence-corrected chi connectivity index (χ0v) is 12.6. The molecule has 0 aliphatic heterocycles. The Bertz CT molecular complexity index is 689. The van der Waals surface area contributed by atoms with Crippen molar-refractivity contribution in [2.45, 2.75) is 0 Å². The Morgan fingerprint density at radius 2 is 1.90 bits per heavy atom. The van der Waals surface area contributed by atoms with Gasteiger partial charge in [-0.1, -0.05) is 0 Å². The average molecular weight is 389 g/mol. The number of nitrogen functional groups attached to an aromatic ring is 1. The van der Waals surface area contributed by atoms with Gasteiger partial charge in [0.25, 0.3) is 0 Å². The third-order valence-electron chi connectivity index (χ3n) is 2.72. The van der Waals surface area contributed by atoms with Crippen molar-refractivity contribution < 1.29 is 18.3 Å². The molecule has 0 unspecified atom stereocenters. The standard InChI is InChI=1S/C14H10F2INO2/c1-20-12-3-2-8(17)6-9(12)14(19)10-4-7(15)5-11(18)13(10)16/h2-6H,18H2,1H3. The molecule has 0 atom stereocenters. The van der Waals surface area contributed by atoms with Crippen molar-refractivity contribution in [1.29, 1.82) is 0 Å². The summed E-state index contributed by atoms with van der Waals surface area (Å²) in [6, 6.07) is 6.54. The van der Waals surface area contributed by atoms with Crippen LogP contribution in [0.2, 0.25) is 0 Å². The van der Waals surface area contributed by atoms with Gasteiger partial charge in [0.05, 0.1) is 23.9 Å². The number of ether oxygens (including phenoxy) is 1. The first-order valence-electron chi connectivity index (χ1n) is 5.56. The van der Waals surface area contributed by atoms with Crippen LogP contribution in [-0.2, 0) is 0 Å². The summed E-state index contributed by atoms with van der Waals surface area (Å²) in [6.07, 6.45) is 0. The summed E-state index contributed by atoms with van der Waals surface area (Å²) in [7, 11) is 1.40. The minimum atomic E-state index is -0.933. The Hall–Kier alpha value is -1.70. The van der Waals surface area contributed by atoms with Gasteiger partial charge < -0.3 is 10.5 Å². The first-order chi connectivity index (χ1) is 9.43. The smallest absolute Gasteiger partial charge is 0.199 e. The molecular weight excluding hydrogens is 379 g/mol. The van der Waals surface area contributed by atoms with Crippen molar-refractivity contribution in [3.05, 3.63) is 56.7 Å². The zero-order chi connectivity index (χ0) is 14.9. The number of methoxy groups -OCH3 is 1. The molecule has 0 heterocycles. The quantitative estimate of drug-likeness (QED) is 0.498. The summed E-state index contributed by atoms with van der Waals surface area (Å²) >= 11 is 2.01. The van der Waals surface area contributed by atoms with E-state index in [0.29, 0.717) is 0 Å². The summed E-state index contributed by atoms with van der Waals surface area (Å²) < 4.78 is 33.1. The molecule has 0 fully saturated rings. The van der Waals surface area contributed by atoms with Crippen molar-refractivity contribution in [2.24, 2.45) is 0 Å². The topological polar surface area (TPSA) is 52.3 Å². The van der Waals surface area contributed by atoms with Gasteiger partial charge in [-0.2, -0.15) is 0 Å². The van der Waals surface area contributed by atoms with Crippen molar-refractivity contribution in [1.82, 2.24) is 0 Å². The van der Waals surface area contributed by atoms with Crippen molar-refractivity contribution >= 4 is 34.1 Å². The molecule has 0 aromatic heterocycles. The lowest BCUT2D eigenvalue weighted by Gasteiger charge is -2.10. The Labute approximate surface area is 127 Å². The molecular formula is C14H10F2INO2. The molecule has 0 radical (unpaired) electrons. The first-order valence-corrected chi connectivity index (χ1v) is 6.64. The van der Waals surface area contributed by atoms with Crippen LogP contribution in [0.4, 0.5) is 14.5 Å². The summed E-state index contributed by atoms with van der Waals surface area (Å²) in [5, 5.41) is 0. The number of hydrogen-bond acceptors (Lipinski definition) is 3. The largest absolute Gasteiger partial charge is 0.496 e. The van der Waals surface area contributed by atoms with E-state index in [1.807, 2.05) is 22.6 Å². The highest BCUT2D eigenvalue weighted by molar-refractivity contribution is 14.1. The fourth-order valence-corrected chi connectivity index (χ4v) is 2.27. The lowest BCUT2D eigenvalue weighted by Crippen LogP contribution is -2.09. The summed E-state index contributed by atoms with van der Waals surface area (Å²) in [5.74, 6) is -2.09. The van der Waals surface area contributed by atoms with E-state index in [4.69, 9.17) is 10.5 Å². The molecule has 20 heavy (non-hydrogen) atoms. The van der Waals surface area contributed by atoms with E-state index in [9.17, 15) is 13.6 Å². The fraction of sp³-hybridized carbons (Fsp3) is 0.0714. The number of benzene rings is 2. The Morgan fingerprint density at radius 1 is 1.20 bits per heavy atom. The molecule has 0 spiro atoms. The number of halogens is 3.